The second-order valence-electron chi connectivity index (χ2n) is 8.24. The van der Waals surface area contributed by atoms with Crippen molar-refractivity contribution in [1.82, 2.24) is 10.2 Å². The van der Waals surface area contributed by atoms with Crippen molar-refractivity contribution < 1.29 is 18.0 Å². The van der Waals surface area contributed by atoms with Gasteiger partial charge in [-0.15, -0.1) is 0 Å². The van der Waals surface area contributed by atoms with Crippen LogP contribution >= 0.6 is 46.4 Å². The minimum atomic E-state index is -4.25. The Morgan fingerprint density at radius 1 is 0.895 bits per heavy atom. The molecule has 0 bridgehead atoms. The predicted molar refractivity (Wildman–Crippen MR) is 153 cm³/mol. The Kier molecular flexibility index (Phi) is 10.3. The Balaban J connectivity index is 2.07. The molecule has 3 aromatic carbocycles. The maximum Gasteiger partial charge on any atom is 0.264 e. The molecule has 0 heterocycles. The zero-order chi connectivity index (χ0) is 28.0. The third-order valence-electron chi connectivity index (χ3n) is 5.69. The lowest BCUT2D eigenvalue weighted by Gasteiger charge is -2.32. The van der Waals surface area contributed by atoms with Crippen LogP contribution in [0.2, 0.25) is 20.1 Å². The summed E-state index contributed by atoms with van der Waals surface area (Å²) in [5, 5.41) is 3.93. The van der Waals surface area contributed by atoms with Crippen molar-refractivity contribution in [2.75, 3.05) is 17.4 Å². The van der Waals surface area contributed by atoms with Gasteiger partial charge in [0.15, 0.2) is 0 Å². The van der Waals surface area contributed by atoms with Gasteiger partial charge in [-0.05, 0) is 68.4 Å². The van der Waals surface area contributed by atoms with Crippen LogP contribution in [0, 0.1) is 0 Å². The van der Waals surface area contributed by atoms with E-state index in [1.807, 2.05) is 0 Å². The molecule has 0 aromatic heterocycles. The molecule has 202 valence electrons. The molecular weight excluding hydrogens is 592 g/mol. The summed E-state index contributed by atoms with van der Waals surface area (Å²) in [4.78, 5) is 27.8. The fourth-order valence-corrected chi connectivity index (χ4v) is 5.89. The number of sulfonamides is 1. The number of anilines is 1. The molecule has 0 spiro atoms. The molecule has 2 amide bonds. The number of nitrogens with zero attached hydrogens (tertiary/aromatic N) is 2. The standard InChI is InChI=1S/C26H25Cl4N3O4S/c1-3-31-26(35)17(2)32(15-22-23(29)8-5-9-24(22)30)25(34)16-33(20-7-4-6-19(28)14-20)38(36,37)21-12-10-18(27)11-13-21/h4-14,17H,3,15-16H2,1-2H3,(H,31,35)/t17-/m1/s1. The topological polar surface area (TPSA) is 86.8 Å². The van der Waals surface area contributed by atoms with E-state index in [-0.39, 0.29) is 22.2 Å². The number of nitrogens with one attached hydrogen (secondary N) is 1. The van der Waals surface area contributed by atoms with E-state index in [4.69, 9.17) is 46.4 Å². The van der Waals surface area contributed by atoms with Crippen LogP contribution < -0.4 is 9.62 Å². The van der Waals surface area contributed by atoms with E-state index >= 15 is 0 Å². The fraction of sp³-hybridized carbons (Fsp3) is 0.231. The van der Waals surface area contributed by atoms with Crippen LogP contribution in [0.15, 0.2) is 71.6 Å². The number of hydrogen-bond donors (Lipinski definition) is 1. The molecular formula is C26H25Cl4N3O4S. The van der Waals surface area contributed by atoms with E-state index in [2.05, 4.69) is 5.32 Å². The highest BCUT2D eigenvalue weighted by molar-refractivity contribution is 7.92. The molecule has 12 heteroatoms. The first-order valence-corrected chi connectivity index (χ1v) is 14.4. The van der Waals surface area contributed by atoms with Gasteiger partial charge in [0.2, 0.25) is 11.8 Å². The lowest BCUT2D eigenvalue weighted by molar-refractivity contribution is -0.139. The summed E-state index contributed by atoms with van der Waals surface area (Å²) in [5.74, 6) is -1.07. The summed E-state index contributed by atoms with van der Waals surface area (Å²) in [7, 11) is -4.25. The monoisotopic (exact) mass is 615 g/mol. The van der Waals surface area contributed by atoms with Crippen LogP contribution in [-0.4, -0.2) is 44.3 Å². The molecule has 1 atom stereocenters. The number of carbonyl (C=O) groups is 2. The normalized spacial score (nSPS) is 12.1. The molecule has 0 aliphatic rings. The molecule has 3 aromatic rings. The summed E-state index contributed by atoms with van der Waals surface area (Å²) >= 11 is 24.8. The smallest absolute Gasteiger partial charge is 0.264 e. The molecule has 0 saturated carbocycles. The Labute approximate surface area is 242 Å². The van der Waals surface area contributed by atoms with Crippen molar-refractivity contribution in [3.8, 4) is 0 Å². The minimum absolute atomic E-state index is 0.0767. The molecule has 0 unspecified atom stereocenters. The summed E-state index contributed by atoms with van der Waals surface area (Å²) in [6.45, 7) is 2.89. The maximum atomic E-state index is 13.8. The third-order valence-corrected chi connectivity index (χ3v) is 8.67. The number of amides is 2. The number of likely N-dealkylation sites (N-methyl/N-ethyl adjacent to an activating group) is 1. The molecule has 38 heavy (non-hydrogen) atoms. The highest BCUT2D eigenvalue weighted by Gasteiger charge is 2.33. The highest BCUT2D eigenvalue weighted by Crippen LogP contribution is 2.29. The molecule has 1 N–H and O–H groups in total. The van der Waals surface area contributed by atoms with Gasteiger partial charge in [0.05, 0.1) is 10.6 Å². The van der Waals surface area contributed by atoms with E-state index in [9.17, 15) is 18.0 Å². The van der Waals surface area contributed by atoms with Crippen LogP contribution in [0.5, 0.6) is 0 Å². The van der Waals surface area contributed by atoms with Gasteiger partial charge < -0.3 is 10.2 Å². The first-order chi connectivity index (χ1) is 17.9. The summed E-state index contributed by atoms with van der Waals surface area (Å²) in [6, 6.07) is 15.6. The molecule has 0 radical (unpaired) electrons. The van der Waals surface area contributed by atoms with Crippen molar-refractivity contribution in [3.05, 3.63) is 92.4 Å². The Morgan fingerprint density at radius 2 is 1.50 bits per heavy atom. The molecule has 0 aliphatic heterocycles. The van der Waals surface area contributed by atoms with Crippen molar-refractivity contribution >= 4 is 73.9 Å². The summed E-state index contributed by atoms with van der Waals surface area (Å²) in [5.41, 5.74) is 0.595. The van der Waals surface area contributed by atoms with Gasteiger partial charge in [0.1, 0.15) is 12.6 Å². The molecule has 3 rings (SSSR count). The molecule has 7 nitrogen and oxygen atoms in total. The van der Waals surface area contributed by atoms with Crippen molar-refractivity contribution in [2.24, 2.45) is 0 Å². The Morgan fingerprint density at radius 3 is 2.08 bits per heavy atom. The van der Waals surface area contributed by atoms with Crippen molar-refractivity contribution in [1.29, 1.82) is 0 Å². The van der Waals surface area contributed by atoms with Gasteiger partial charge in [-0.25, -0.2) is 8.42 Å². The zero-order valence-corrected chi connectivity index (χ0v) is 24.3. The third kappa shape index (κ3) is 7.12. The van der Waals surface area contributed by atoms with Gasteiger partial charge in [-0.3, -0.25) is 13.9 Å². The second kappa shape index (κ2) is 13.0. The Hall–Kier alpha value is -2.49. The summed E-state index contributed by atoms with van der Waals surface area (Å²) in [6.07, 6.45) is 0. The highest BCUT2D eigenvalue weighted by atomic mass is 35.5. The van der Waals surface area contributed by atoms with Crippen LogP contribution in [-0.2, 0) is 26.2 Å². The number of halogens is 4. The van der Waals surface area contributed by atoms with Gasteiger partial charge >= 0.3 is 0 Å². The van der Waals surface area contributed by atoms with Crippen LogP contribution in [0.3, 0.4) is 0 Å². The molecule has 0 aliphatic carbocycles. The van der Waals surface area contributed by atoms with Crippen LogP contribution in [0.25, 0.3) is 0 Å². The number of hydrogen-bond acceptors (Lipinski definition) is 4. The average molecular weight is 617 g/mol. The van der Waals surface area contributed by atoms with E-state index in [0.29, 0.717) is 27.2 Å². The minimum Gasteiger partial charge on any atom is -0.355 e. The number of rotatable bonds is 10. The van der Waals surface area contributed by atoms with E-state index < -0.39 is 34.4 Å². The van der Waals surface area contributed by atoms with E-state index in [0.717, 1.165) is 4.31 Å². The zero-order valence-electron chi connectivity index (χ0n) is 20.5. The van der Waals surface area contributed by atoms with E-state index in [1.165, 1.54) is 41.3 Å². The molecule has 0 fully saturated rings. The van der Waals surface area contributed by atoms with Crippen LogP contribution in [0.1, 0.15) is 19.4 Å². The van der Waals surface area contributed by atoms with Gasteiger partial charge in [-0.2, -0.15) is 0 Å². The number of benzene rings is 3. The lowest BCUT2D eigenvalue weighted by Crippen LogP contribution is -2.51. The van der Waals surface area contributed by atoms with Gasteiger partial charge in [-0.1, -0.05) is 58.5 Å². The fourth-order valence-electron chi connectivity index (χ4n) is 3.65. The quantitative estimate of drug-likeness (QED) is 0.300. The SMILES string of the molecule is CCNC(=O)[C@@H](C)N(Cc1c(Cl)cccc1Cl)C(=O)CN(c1cccc(Cl)c1)S(=O)(=O)c1ccc(Cl)cc1. The second-order valence-corrected chi connectivity index (χ2v) is 11.8. The predicted octanol–water partition coefficient (Wildman–Crippen LogP) is 6.05. The van der Waals surface area contributed by atoms with E-state index in [1.54, 1.807) is 44.2 Å². The maximum absolute atomic E-state index is 13.8. The number of carbonyl (C=O) groups excluding carboxylic acids is 2. The lowest BCUT2D eigenvalue weighted by atomic mass is 10.1. The first kappa shape index (κ1) is 30.1. The van der Waals surface area contributed by atoms with Crippen LogP contribution in [0.4, 0.5) is 5.69 Å². The van der Waals surface area contributed by atoms with Crippen molar-refractivity contribution in [2.45, 2.75) is 31.3 Å². The van der Waals surface area contributed by atoms with Crippen molar-refractivity contribution in [3.63, 3.8) is 0 Å². The van der Waals surface area contributed by atoms with Gasteiger partial charge in [0, 0.05) is 38.7 Å². The first-order valence-electron chi connectivity index (χ1n) is 11.5. The summed E-state index contributed by atoms with van der Waals surface area (Å²) < 4.78 is 28.4. The largest absolute Gasteiger partial charge is 0.355 e. The Bertz CT molecular complexity index is 1400. The molecule has 0 saturated heterocycles. The van der Waals surface area contributed by atoms with Gasteiger partial charge in [0.25, 0.3) is 10.0 Å². The average Bonchev–Trinajstić information content (AvgIpc) is 2.87.